The summed E-state index contributed by atoms with van der Waals surface area (Å²) in [6, 6.07) is 0.395. The van der Waals surface area contributed by atoms with Gasteiger partial charge in [-0.15, -0.1) is 0 Å². The molecule has 5 N–H and O–H groups in total. The SMILES string of the molecule is C[C@@H](NC1CNCCN1)C1CCC(C2NOC(C(F)(F)F)N2)CC1. The molecule has 0 amide bonds. The van der Waals surface area contributed by atoms with Crippen LogP contribution in [-0.4, -0.2) is 50.4 Å². The fourth-order valence-corrected chi connectivity index (χ4v) is 3.97. The van der Waals surface area contributed by atoms with Gasteiger partial charge in [-0.2, -0.15) is 18.7 Å². The maximum absolute atomic E-state index is 12.6. The van der Waals surface area contributed by atoms with E-state index >= 15 is 0 Å². The molecule has 1 saturated carbocycles. The third kappa shape index (κ3) is 4.59. The first-order valence-electron chi connectivity index (χ1n) is 8.87. The van der Waals surface area contributed by atoms with E-state index in [0.717, 1.165) is 45.3 Å². The Bertz CT molecular complexity index is 397. The Kier molecular flexibility index (Phi) is 5.99. The summed E-state index contributed by atoms with van der Waals surface area (Å²) in [5, 5.41) is 12.9. The Morgan fingerprint density at radius 3 is 2.46 bits per heavy atom. The average molecular weight is 351 g/mol. The van der Waals surface area contributed by atoms with Crippen LogP contribution in [0.4, 0.5) is 13.2 Å². The van der Waals surface area contributed by atoms with Gasteiger partial charge >= 0.3 is 6.18 Å². The van der Waals surface area contributed by atoms with Gasteiger partial charge in [-0.1, -0.05) is 0 Å². The number of piperazine rings is 1. The van der Waals surface area contributed by atoms with Gasteiger partial charge in [-0.25, -0.2) is 0 Å². The summed E-state index contributed by atoms with van der Waals surface area (Å²) < 4.78 is 37.9. The first-order chi connectivity index (χ1) is 11.4. The second-order valence-corrected chi connectivity index (χ2v) is 7.14. The van der Waals surface area contributed by atoms with E-state index in [1.165, 1.54) is 0 Å². The van der Waals surface area contributed by atoms with E-state index in [1.807, 2.05) is 0 Å². The van der Waals surface area contributed by atoms with Gasteiger partial charge in [0, 0.05) is 25.7 Å². The van der Waals surface area contributed by atoms with Crippen molar-refractivity contribution in [2.75, 3.05) is 19.6 Å². The quantitative estimate of drug-likeness (QED) is 0.512. The third-order valence-electron chi connectivity index (χ3n) is 5.44. The van der Waals surface area contributed by atoms with Crippen LogP contribution in [0.25, 0.3) is 0 Å². The van der Waals surface area contributed by atoms with Crippen molar-refractivity contribution in [3.05, 3.63) is 0 Å². The number of rotatable bonds is 4. The second-order valence-electron chi connectivity index (χ2n) is 7.14. The van der Waals surface area contributed by atoms with E-state index < -0.39 is 18.6 Å². The molecule has 1 aliphatic carbocycles. The fourth-order valence-electron chi connectivity index (χ4n) is 3.97. The van der Waals surface area contributed by atoms with Gasteiger partial charge in [0.05, 0.1) is 12.3 Å². The summed E-state index contributed by atoms with van der Waals surface area (Å²) in [5.41, 5.74) is 2.53. The minimum absolute atomic E-state index is 0.176. The highest BCUT2D eigenvalue weighted by atomic mass is 19.4. The van der Waals surface area contributed by atoms with Gasteiger partial charge in [-0.3, -0.25) is 20.8 Å². The lowest BCUT2D eigenvalue weighted by Gasteiger charge is -2.37. The van der Waals surface area contributed by atoms with Crippen LogP contribution in [0.3, 0.4) is 0 Å². The third-order valence-corrected chi connectivity index (χ3v) is 5.44. The zero-order valence-electron chi connectivity index (χ0n) is 14.0. The molecule has 0 aromatic carbocycles. The summed E-state index contributed by atoms with van der Waals surface area (Å²) in [6.07, 6.45) is -2.53. The van der Waals surface area contributed by atoms with Crippen LogP contribution in [0.5, 0.6) is 0 Å². The molecule has 0 radical (unpaired) electrons. The molecule has 0 spiro atoms. The van der Waals surface area contributed by atoms with E-state index in [1.54, 1.807) is 0 Å². The second kappa shape index (κ2) is 7.84. The lowest BCUT2D eigenvalue weighted by atomic mass is 9.77. The van der Waals surface area contributed by atoms with Crippen molar-refractivity contribution in [1.29, 1.82) is 0 Å². The highest BCUT2D eigenvalue weighted by Crippen LogP contribution is 2.34. The summed E-state index contributed by atoms with van der Waals surface area (Å²) in [4.78, 5) is 4.64. The largest absolute Gasteiger partial charge is 0.430 e. The maximum Gasteiger partial charge on any atom is 0.430 e. The summed E-state index contributed by atoms with van der Waals surface area (Å²) in [6.45, 7) is 5.10. The Hall–Kier alpha value is -0.450. The van der Waals surface area contributed by atoms with Crippen LogP contribution >= 0.6 is 0 Å². The molecule has 0 bridgehead atoms. The van der Waals surface area contributed by atoms with Crippen molar-refractivity contribution in [3.63, 3.8) is 0 Å². The van der Waals surface area contributed by atoms with Crippen molar-refractivity contribution >= 4 is 0 Å². The molecule has 6 nitrogen and oxygen atoms in total. The lowest BCUT2D eigenvalue weighted by Crippen LogP contribution is -2.58. The molecular weight excluding hydrogens is 323 g/mol. The minimum Gasteiger partial charge on any atom is -0.313 e. The van der Waals surface area contributed by atoms with E-state index in [9.17, 15) is 13.2 Å². The standard InChI is InChI=1S/C15H28F3N5O/c1-9(21-12-8-19-6-7-20-12)10-2-4-11(5-3-10)13-22-14(24-23-13)15(16,17)18/h9-14,19-23H,2-8H2,1H3/t9-,10?,11?,12?,13?,14?/m1/s1. The average Bonchev–Trinajstić information content (AvgIpc) is 3.06. The highest BCUT2D eigenvalue weighted by Gasteiger charge is 2.47. The summed E-state index contributed by atoms with van der Waals surface area (Å²) >= 11 is 0. The van der Waals surface area contributed by atoms with Crippen LogP contribution in [0.1, 0.15) is 32.6 Å². The van der Waals surface area contributed by atoms with Crippen molar-refractivity contribution in [2.45, 2.75) is 63.4 Å². The van der Waals surface area contributed by atoms with Gasteiger partial charge in [0.2, 0.25) is 6.23 Å². The van der Waals surface area contributed by atoms with Gasteiger partial charge < -0.3 is 5.32 Å². The molecule has 0 aromatic heterocycles. The molecule has 24 heavy (non-hydrogen) atoms. The van der Waals surface area contributed by atoms with E-state index in [0.29, 0.717) is 18.1 Å². The van der Waals surface area contributed by atoms with Crippen molar-refractivity contribution in [2.24, 2.45) is 11.8 Å². The van der Waals surface area contributed by atoms with E-state index in [2.05, 4.69) is 38.5 Å². The first kappa shape index (κ1) is 18.3. The smallest absolute Gasteiger partial charge is 0.313 e. The molecule has 9 heteroatoms. The molecule has 0 aromatic rings. The minimum atomic E-state index is -4.38. The normalized spacial score (nSPS) is 39.8. The van der Waals surface area contributed by atoms with Crippen molar-refractivity contribution in [3.8, 4) is 0 Å². The number of halogens is 3. The molecule has 2 aliphatic heterocycles. The molecule has 2 heterocycles. The Morgan fingerprint density at radius 1 is 1.12 bits per heavy atom. The molecule has 2 saturated heterocycles. The molecule has 3 aliphatic rings. The van der Waals surface area contributed by atoms with Gasteiger partial charge in [0.15, 0.2) is 0 Å². The van der Waals surface area contributed by atoms with Crippen LogP contribution in [0.2, 0.25) is 0 Å². The lowest BCUT2D eigenvalue weighted by molar-refractivity contribution is -0.224. The number of hydrogen-bond donors (Lipinski definition) is 5. The zero-order valence-corrected chi connectivity index (χ0v) is 14.0. The first-order valence-corrected chi connectivity index (χ1v) is 8.87. The predicted molar refractivity (Wildman–Crippen MR) is 83.7 cm³/mol. The van der Waals surface area contributed by atoms with Gasteiger partial charge in [0.1, 0.15) is 0 Å². The van der Waals surface area contributed by atoms with E-state index in [-0.39, 0.29) is 5.92 Å². The van der Waals surface area contributed by atoms with Crippen molar-refractivity contribution in [1.82, 2.24) is 26.7 Å². The van der Waals surface area contributed by atoms with Crippen LogP contribution in [0.15, 0.2) is 0 Å². The topological polar surface area (TPSA) is 69.4 Å². The van der Waals surface area contributed by atoms with Gasteiger partial charge in [0.25, 0.3) is 0 Å². The predicted octanol–water partition coefficient (Wildman–Crippen LogP) is 0.629. The highest BCUT2D eigenvalue weighted by molar-refractivity contribution is 4.88. The van der Waals surface area contributed by atoms with Gasteiger partial charge in [-0.05, 0) is 44.4 Å². The Morgan fingerprint density at radius 2 is 1.88 bits per heavy atom. The molecular formula is C15H28F3N5O. The number of alkyl halides is 3. The fraction of sp³-hybridized carbons (Fsp3) is 1.00. The number of hydrogen-bond acceptors (Lipinski definition) is 6. The summed E-state index contributed by atoms with van der Waals surface area (Å²) in [7, 11) is 0. The molecule has 140 valence electrons. The number of nitrogens with one attached hydrogen (secondary N) is 5. The molecule has 4 atom stereocenters. The zero-order chi connectivity index (χ0) is 17.2. The Balaban J connectivity index is 1.41. The monoisotopic (exact) mass is 351 g/mol. The molecule has 3 fully saturated rings. The summed E-state index contributed by atoms with van der Waals surface area (Å²) in [5.74, 6) is 0.737. The van der Waals surface area contributed by atoms with Crippen molar-refractivity contribution < 1.29 is 18.0 Å². The maximum atomic E-state index is 12.6. The Labute approximate surface area is 140 Å². The molecule has 3 unspecified atom stereocenters. The molecule has 3 rings (SSSR count). The number of hydroxylamine groups is 1. The van der Waals surface area contributed by atoms with Crippen LogP contribution < -0.4 is 26.7 Å². The van der Waals surface area contributed by atoms with Crippen LogP contribution in [-0.2, 0) is 4.84 Å². The van der Waals surface area contributed by atoms with Crippen LogP contribution in [0, 0.1) is 11.8 Å². The van der Waals surface area contributed by atoms with E-state index in [4.69, 9.17) is 0 Å².